The first-order valence-corrected chi connectivity index (χ1v) is 13.7. The summed E-state index contributed by atoms with van der Waals surface area (Å²) in [6.07, 6.45) is 1.70. The third-order valence-electron chi connectivity index (χ3n) is 7.42. The summed E-state index contributed by atoms with van der Waals surface area (Å²) in [7, 11) is 0. The predicted octanol–water partition coefficient (Wildman–Crippen LogP) is 5.75. The zero-order valence-corrected chi connectivity index (χ0v) is 24.2. The molecule has 2 atom stereocenters. The van der Waals surface area contributed by atoms with Crippen molar-refractivity contribution >= 4 is 22.8 Å². The molecule has 3 aromatic rings. The van der Waals surface area contributed by atoms with E-state index in [1.807, 2.05) is 52.8 Å². The molecule has 0 bridgehead atoms. The van der Waals surface area contributed by atoms with Gasteiger partial charge in [0.1, 0.15) is 6.10 Å². The predicted molar refractivity (Wildman–Crippen MR) is 152 cm³/mol. The molecule has 2 aromatic carbocycles. The Balaban J connectivity index is 1.69. The van der Waals surface area contributed by atoms with Crippen molar-refractivity contribution in [2.24, 2.45) is 0 Å². The van der Waals surface area contributed by atoms with Gasteiger partial charge in [-0.1, -0.05) is 29.8 Å². The summed E-state index contributed by atoms with van der Waals surface area (Å²) in [6.45, 7) is 14.2. The molecular formula is C32H37N3O5. The number of nitrogens with zero attached hydrogens (tertiary/aromatic N) is 1. The molecule has 0 saturated heterocycles. The molecule has 0 radical (unpaired) electrons. The first-order chi connectivity index (χ1) is 19.0. The molecule has 0 fully saturated rings. The summed E-state index contributed by atoms with van der Waals surface area (Å²) in [6, 6.07) is 9.95. The topological polar surface area (TPSA) is 103 Å². The van der Waals surface area contributed by atoms with Crippen molar-refractivity contribution in [1.29, 1.82) is 0 Å². The minimum Gasteiger partial charge on any atom is -0.463 e. The smallest absolute Gasteiger partial charge is 0.337 e. The van der Waals surface area contributed by atoms with E-state index in [2.05, 4.69) is 34.6 Å². The van der Waals surface area contributed by atoms with Gasteiger partial charge in [0.15, 0.2) is 0 Å². The van der Waals surface area contributed by atoms with Crippen LogP contribution in [-0.4, -0.2) is 41.0 Å². The number of cyclic esters (lactones) is 1. The van der Waals surface area contributed by atoms with Crippen molar-refractivity contribution < 1.29 is 23.8 Å². The van der Waals surface area contributed by atoms with Crippen molar-refractivity contribution in [1.82, 2.24) is 15.5 Å². The van der Waals surface area contributed by atoms with Crippen molar-refractivity contribution in [2.45, 2.75) is 72.5 Å². The van der Waals surface area contributed by atoms with E-state index in [4.69, 9.17) is 14.2 Å². The number of rotatable bonds is 6. The number of hydrogen-bond donors (Lipinski definition) is 2. The third kappa shape index (κ3) is 5.16. The largest absolute Gasteiger partial charge is 0.463 e. The van der Waals surface area contributed by atoms with Crippen molar-refractivity contribution in [3.8, 4) is 0 Å². The lowest BCUT2D eigenvalue weighted by atomic mass is 9.77. The number of fused-ring (bicyclic) bond motifs is 1. The summed E-state index contributed by atoms with van der Waals surface area (Å²) in [5.74, 6) is -1.68. The van der Waals surface area contributed by atoms with Gasteiger partial charge in [-0.2, -0.15) is 5.10 Å². The normalized spacial score (nSPS) is 19.4. The molecular weight excluding hydrogens is 506 g/mol. The van der Waals surface area contributed by atoms with Gasteiger partial charge in [0, 0.05) is 17.5 Å². The SMILES string of the molecule is CCOC(=O)C1=C(COC(C)(C)C)NC2=C(C(=O)OC(c3c(C)cc(C)cc3C)C2)C1c1cccc2[nH]ncc12. The highest BCUT2D eigenvalue weighted by Gasteiger charge is 2.44. The number of carbonyl (C=O) groups is 2. The van der Waals surface area contributed by atoms with Gasteiger partial charge in [-0.15, -0.1) is 0 Å². The summed E-state index contributed by atoms with van der Waals surface area (Å²) in [5.41, 5.74) is 7.52. The van der Waals surface area contributed by atoms with Gasteiger partial charge in [0.2, 0.25) is 0 Å². The van der Waals surface area contributed by atoms with Crippen LogP contribution < -0.4 is 5.32 Å². The van der Waals surface area contributed by atoms with E-state index in [1.165, 1.54) is 0 Å². The molecule has 210 valence electrons. The molecule has 3 heterocycles. The Morgan fingerprint density at radius 1 is 1.15 bits per heavy atom. The summed E-state index contributed by atoms with van der Waals surface area (Å²) in [4.78, 5) is 27.6. The number of H-pyrrole nitrogens is 1. The minimum absolute atomic E-state index is 0.147. The quantitative estimate of drug-likeness (QED) is 0.382. The molecule has 40 heavy (non-hydrogen) atoms. The van der Waals surface area contributed by atoms with Gasteiger partial charge in [0.25, 0.3) is 0 Å². The molecule has 0 amide bonds. The number of aromatic nitrogens is 2. The summed E-state index contributed by atoms with van der Waals surface area (Å²) < 4.78 is 17.9. The average Bonchev–Trinajstić information content (AvgIpc) is 3.35. The van der Waals surface area contributed by atoms with E-state index in [0.717, 1.165) is 44.4 Å². The molecule has 8 heteroatoms. The Labute approximate surface area is 234 Å². The van der Waals surface area contributed by atoms with Gasteiger partial charge in [-0.25, -0.2) is 9.59 Å². The van der Waals surface area contributed by atoms with Crippen LogP contribution in [0.3, 0.4) is 0 Å². The van der Waals surface area contributed by atoms with Gasteiger partial charge in [0.05, 0.1) is 53.3 Å². The lowest BCUT2D eigenvalue weighted by Crippen LogP contribution is -2.39. The molecule has 2 aliphatic heterocycles. The van der Waals surface area contributed by atoms with Crippen LogP contribution in [0.15, 0.2) is 59.1 Å². The second-order valence-corrected chi connectivity index (χ2v) is 11.6. The van der Waals surface area contributed by atoms with Crippen LogP contribution in [0.25, 0.3) is 10.9 Å². The number of hydrogen-bond acceptors (Lipinski definition) is 7. The Hall–Kier alpha value is -3.91. The maximum Gasteiger partial charge on any atom is 0.337 e. The Bertz CT molecular complexity index is 1530. The molecule has 2 aliphatic rings. The van der Waals surface area contributed by atoms with E-state index in [1.54, 1.807) is 13.1 Å². The van der Waals surface area contributed by atoms with Crippen LogP contribution in [0, 0.1) is 20.8 Å². The van der Waals surface area contributed by atoms with Gasteiger partial charge in [-0.3, -0.25) is 5.10 Å². The minimum atomic E-state index is -0.719. The fourth-order valence-corrected chi connectivity index (χ4v) is 5.90. The molecule has 8 nitrogen and oxygen atoms in total. The second-order valence-electron chi connectivity index (χ2n) is 11.6. The van der Waals surface area contributed by atoms with Crippen molar-refractivity contribution in [3.05, 3.63) is 86.9 Å². The molecule has 5 rings (SSSR count). The average molecular weight is 544 g/mol. The molecule has 0 spiro atoms. The first kappa shape index (κ1) is 27.6. The monoisotopic (exact) mass is 543 g/mol. The van der Waals surface area contributed by atoms with E-state index in [9.17, 15) is 9.59 Å². The van der Waals surface area contributed by atoms with Crippen LogP contribution in [0.1, 0.15) is 74.0 Å². The van der Waals surface area contributed by atoms with E-state index < -0.39 is 29.6 Å². The van der Waals surface area contributed by atoms with Crippen LogP contribution in [0.4, 0.5) is 0 Å². The Kier molecular flexibility index (Phi) is 7.31. The number of ether oxygens (including phenoxy) is 3. The Morgan fingerprint density at radius 2 is 1.88 bits per heavy atom. The number of esters is 2. The first-order valence-electron chi connectivity index (χ1n) is 13.7. The zero-order valence-electron chi connectivity index (χ0n) is 24.2. The van der Waals surface area contributed by atoms with E-state index in [0.29, 0.717) is 23.3 Å². The van der Waals surface area contributed by atoms with E-state index >= 15 is 0 Å². The number of benzene rings is 2. The van der Waals surface area contributed by atoms with Crippen molar-refractivity contribution in [3.63, 3.8) is 0 Å². The summed E-state index contributed by atoms with van der Waals surface area (Å²) in [5, 5.41) is 11.5. The van der Waals surface area contributed by atoms with Gasteiger partial charge < -0.3 is 19.5 Å². The van der Waals surface area contributed by atoms with Crippen molar-refractivity contribution in [2.75, 3.05) is 13.2 Å². The molecule has 0 aliphatic carbocycles. The van der Waals surface area contributed by atoms with Crippen LogP contribution in [0.5, 0.6) is 0 Å². The standard InChI is InChI=1S/C32H37N3O5/c1-8-38-30(36)29-24(16-39-32(5,6)7)34-23-14-25(26-18(3)12-17(2)13-19(26)4)40-31(37)28(23)27(29)20-10-9-11-22-21(20)15-33-35-22/h9-13,15,25,27,34H,8,14,16H2,1-7H3,(H,33,35). The second kappa shape index (κ2) is 10.6. The molecule has 1 aromatic heterocycles. The van der Waals surface area contributed by atoms with E-state index in [-0.39, 0.29) is 13.2 Å². The number of carbonyl (C=O) groups excluding carboxylic acids is 2. The fourth-order valence-electron chi connectivity index (χ4n) is 5.90. The third-order valence-corrected chi connectivity index (χ3v) is 7.42. The number of aromatic amines is 1. The molecule has 2 unspecified atom stereocenters. The maximum absolute atomic E-state index is 14.0. The zero-order chi connectivity index (χ0) is 28.8. The lowest BCUT2D eigenvalue weighted by Gasteiger charge is -2.38. The highest BCUT2D eigenvalue weighted by Crippen LogP contribution is 2.47. The van der Waals surface area contributed by atoms with Crippen LogP contribution in [-0.2, 0) is 23.8 Å². The van der Waals surface area contributed by atoms with Gasteiger partial charge >= 0.3 is 11.9 Å². The fraction of sp³-hybridized carbons (Fsp3) is 0.406. The number of dihydropyridines is 1. The highest BCUT2D eigenvalue weighted by molar-refractivity contribution is 6.02. The number of aryl methyl sites for hydroxylation is 3. The molecule has 2 N–H and O–H groups in total. The lowest BCUT2D eigenvalue weighted by molar-refractivity contribution is -0.147. The number of nitrogens with one attached hydrogen (secondary N) is 2. The van der Waals surface area contributed by atoms with Crippen LogP contribution >= 0.6 is 0 Å². The maximum atomic E-state index is 14.0. The molecule has 0 saturated carbocycles. The highest BCUT2D eigenvalue weighted by atomic mass is 16.5. The van der Waals surface area contributed by atoms with Crippen LogP contribution in [0.2, 0.25) is 0 Å². The Morgan fingerprint density at radius 3 is 2.55 bits per heavy atom. The summed E-state index contributed by atoms with van der Waals surface area (Å²) >= 11 is 0. The van der Waals surface area contributed by atoms with Gasteiger partial charge in [-0.05, 0) is 76.8 Å².